The van der Waals surface area contributed by atoms with Crippen LogP contribution in [0.3, 0.4) is 0 Å². The Bertz CT molecular complexity index is 287. The van der Waals surface area contributed by atoms with Crippen molar-refractivity contribution in [3.05, 3.63) is 35.9 Å². The molecule has 2 nitrogen and oxygen atoms in total. The van der Waals surface area contributed by atoms with Crippen molar-refractivity contribution in [3.8, 4) is 5.75 Å². The number of aliphatic hydroxyl groups is 1. The first-order chi connectivity index (χ1) is 6.13. The van der Waals surface area contributed by atoms with Crippen LogP contribution in [-0.4, -0.2) is 11.7 Å². The van der Waals surface area contributed by atoms with E-state index in [-0.39, 0.29) is 5.75 Å². The molecule has 0 bridgehead atoms. The number of alkyl halides is 2. The van der Waals surface area contributed by atoms with Gasteiger partial charge in [0.05, 0.1) is 0 Å². The SMILES string of the molecule is Cc1cc([CH]O)ccc1OC(F)F. The Labute approximate surface area is 74.8 Å². The Kier molecular flexibility index (Phi) is 3.19. The summed E-state index contributed by atoms with van der Waals surface area (Å²) in [5.74, 6) is 0.126. The lowest BCUT2D eigenvalue weighted by Crippen LogP contribution is -2.03. The van der Waals surface area contributed by atoms with E-state index in [0.717, 1.165) is 6.61 Å². The zero-order valence-corrected chi connectivity index (χ0v) is 7.00. The highest BCUT2D eigenvalue weighted by molar-refractivity contribution is 5.37. The van der Waals surface area contributed by atoms with Gasteiger partial charge in [0.2, 0.25) is 0 Å². The van der Waals surface area contributed by atoms with Gasteiger partial charge in [0.1, 0.15) is 12.4 Å². The first kappa shape index (κ1) is 9.92. The lowest BCUT2D eigenvalue weighted by Gasteiger charge is -2.08. The van der Waals surface area contributed by atoms with E-state index in [4.69, 9.17) is 5.11 Å². The van der Waals surface area contributed by atoms with Crippen molar-refractivity contribution in [1.82, 2.24) is 0 Å². The maximum absolute atomic E-state index is 11.8. The van der Waals surface area contributed by atoms with E-state index in [9.17, 15) is 8.78 Å². The van der Waals surface area contributed by atoms with E-state index in [1.807, 2.05) is 0 Å². The summed E-state index contributed by atoms with van der Waals surface area (Å²) in [6.07, 6.45) is 0. The molecule has 0 unspecified atom stereocenters. The molecular formula is C9H9F2O2. The van der Waals surface area contributed by atoms with Gasteiger partial charge in [-0.2, -0.15) is 8.78 Å². The zero-order valence-electron chi connectivity index (χ0n) is 7.00. The first-order valence-electron chi connectivity index (χ1n) is 3.66. The lowest BCUT2D eigenvalue weighted by atomic mass is 10.1. The highest BCUT2D eigenvalue weighted by atomic mass is 19.3. The molecule has 0 aromatic heterocycles. The van der Waals surface area contributed by atoms with Gasteiger partial charge in [-0.3, -0.25) is 0 Å². The molecule has 1 N–H and O–H groups in total. The topological polar surface area (TPSA) is 29.5 Å². The molecule has 1 rings (SSSR count). The van der Waals surface area contributed by atoms with Crippen molar-refractivity contribution >= 4 is 0 Å². The summed E-state index contributed by atoms with van der Waals surface area (Å²) in [5.41, 5.74) is 1.11. The Hall–Kier alpha value is -1.16. The summed E-state index contributed by atoms with van der Waals surface area (Å²) in [7, 11) is 0. The number of hydrogen-bond acceptors (Lipinski definition) is 2. The van der Waals surface area contributed by atoms with Gasteiger partial charge >= 0.3 is 6.61 Å². The molecule has 0 aliphatic heterocycles. The van der Waals surface area contributed by atoms with Crippen LogP contribution in [0.4, 0.5) is 8.78 Å². The molecule has 4 heteroatoms. The smallest absolute Gasteiger partial charge is 0.387 e. The first-order valence-corrected chi connectivity index (χ1v) is 3.66. The molecule has 0 saturated heterocycles. The van der Waals surface area contributed by atoms with E-state index < -0.39 is 6.61 Å². The third-order valence-corrected chi connectivity index (χ3v) is 1.56. The molecule has 0 amide bonds. The minimum Gasteiger partial charge on any atom is -0.435 e. The number of aliphatic hydroxyl groups excluding tert-OH is 1. The van der Waals surface area contributed by atoms with Crippen LogP contribution in [0, 0.1) is 13.5 Å². The van der Waals surface area contributed by atoms with Gasteiger partial charge in [0.15, 0.2) is 0 Å². The van der Waals surface area contributed by atoms with Gasteiger partial charge in [-0.25, -0.2) is 0 Å². The van der Waals surface area contributed by atoms with Gasteiger partial charge < -0.3 is 9.84 Å². The van der Waals surface area contributed by atoms with Crippen LogP contribution in [0.5, 0.6) is 5.75 Å². The number of ether oxygens (including phenoxy) is 1. The molecule has 1 radical (unpaired) electrons. The van der Waals surface area contributed by atoms with Crippen LogP contribution in [0.15, 0.2) is 18.2 Å². The van der Waals surface area contributed by atoms with E-state index in [1.54, 1.807) is 13.0 Å². The quantitative estimate of drug-likeness (QED) is 0.787. The molecular weight excluding hydrogens is 178 g/mol. The summed E-state index contributed by atoms with van der Waals surface area (Å²) in [6.45, 7) is -0.285. The minimum atomic E-state index is -2.82. The molecule has 0 saturated carbocycles. The van der Waals surface area contributed by atoms with Crippen molar-refractivity contribution in [3.63, 3.8) is 0 Å². The average molecular weight is 187 g/mol. The number of rotatable bonds is 3. The molecule has 13 heavy (non-hydrogen) atoms. The molecule has 0 fully saturated rings. The third kappa shape index (κ3) is 2.66. The highest BCUT2D eigenvalue weighted by Gasteiger charge is 2.06. The van der Waals surface area contributed by atoms with Crippen LogP contribution in [0.1, 0.15) is 11.1 Å². The third-order valence-electron chi connectivity index (χ3n) is 1.56. The predicted octanol–water partition coefficient (Wildman–Crippen LogP) is 2.48. The summed E-state index contributed by atoms with van der Waals surface area (Å²) in [6, 6.07) is 4.44. The summed E-state index contributed by atoms with van der Waals surface area (Å²) in [5, 5.41) is 8.62. The van der Waals surface area contributed by atoms with Crippen LogP contribution < -0.4 is 4.74 Å². The van der Waals surface area contributed by atoms with Crippen molar-refractivity contribution in [2.24, 2.45) is 0 Å². The van der Waals surface area contributed by atoms with E-state index >= 15 is 0 Å². The summed E-state index contributed by atoms with van der Waals surface area (Å²) < 4.78 is 27.8. The molecule has 0 heterocycles. The normalized spacial score (nSPS) is 10.5. The highest BCUT2D eigenvalue weighted by Crippen LogP contribution is 2.21. The Morgan fingerprint density at radius 1 is 1.46 bits per heavy atom. The fourth-order valence-corrected chi connectivity index (χ4v) is 0.981. The summed E-state index contributed by atoms with van der Waals surface area (Å²) in [4.78, 5) is 0. The van der Waals surface area contributed by atoms with E-state index in [1.165, 1.54) is 12.1 Å². The molecule has 0 aliphatic carbocycles. The number of halogens is 2. The second kappa shape index (κ2) is 4.18. The molecule has 0 spiro atoms. The predicted molar refractivity (Wildman–Crippen MR) is 43.1 cm³/mol. The molecule has 71 valence electrons. The van der Waals surface area contributed by atoms with Gasteiger partial charge in [0.25, 0.3) is 0 Å². The fourth-order valence-electron chi connectivity index (χ4n) is 0.981. The van der Waals surface area contributed by atoms with Crippen LogP contribution in [0.25, 0.3) is 0 Å². The molecule has 0 aliphatic rings. The average Bonchev–Trinajstić information content (AvgIpc) is 2.08. The van der Waals surface area contributed by atoms with Crippen molar-refractivity contribution in [2.75, 3.05) is 0 Å². The number of benzene rings is 1. The largest absolute Gasteiger partial charge is 0.435 e. The van der Waals surface area contributed by atoms with Crippen LogP contribution in [0.2, 0.25) is 0 Å². The molecule has 1 aromatic carbocycles. The second-order valence-electron chi connectivity index (χ2n) is 2.53. The lowest BCUT2D eigenvalue weighted by molar-refractivity contribution is -0.0502. The molecule has 1 aromatic rings. The summed E-state index contributed by atoms with van der Waals surface area (Å²) >= 11 is 0. The number of hydrogen-bond donors (Lipinski definition) is 1. The Morgan fingerprint density at radius 2 is 2.15 bits per heavy atom. The maximum Gasteiger partial charge on any atom is 0.387 e. The van der Waals surface area contributed by atoms with E-state index in [0.29, 0.717) is 11.1 Å². The zero-order chi connectivity index (χ0) is 9.84. The number of aryl methyl sites for hydroxylation is 1. The van der Waals surface area contributed by atoms with Gasteiger partial charge in [-0.05, 0) is 30.2 Å². The monoisotopic (exact) mass is 187 g/mol. The van der Waals surface area contributed by atoms with Crippen molar-refractivity contribution < 1.29 is 18.6 Å². The van der Waals surface area contributed by atoms with Crippen LogP contribution >= 0.6 is 0 Å². The minimum absolute atomic E-state index is 0.126. The van der Waals surface area contributed by atoms with E-state index in [2.05, 4.69) is 4.74 Å². The fraction of sp³-hybridized carbons (Fsp3) is 0.222. The molecule has 0 atom stereocenters. The van der Waals surface area contributed by atoms with Crippen molar-refractivity contribution in [2.45, 2.75) is 13.5 Å². The second-order valence-corrected chi connectivity index (χ2v) is 2.53. The van der Waals surface area contributed by atoms with Crippen molar-refractivity contribution in [1.29, 1.82) is 0 Å². The van der Waals surface area contributed by atoms with Gasteiger partial charge in [-0.15, -0.1) is 0 Å². The van der Waals surface area contributed by atoms with Crippen LogP contribution in [-0.2, 0) is 0 Å². The Morgan fingerprint density at radius 3 is 2.62 bits per heavy atom. The Balaban J connectivity index is 2.85. The standard InChI is InChI=1S/C9H9F2O2/c1-6-4-7(5-12)2-3-8(6)13-9(10)11/h2-5,9,12H,1H3. The van der Waals surface area contributed by atoms with Gasteiger partial charge in [-0.1, -0.05) is 6.07 Å². The van der Waals surface area contributed by atoms with Gasteiger partial charge in [0, 0.05) is 0 Å². The maximum atomic E-state index is 11.8.